The summed E-state index contributed by atoms with van der Waals surface area (Å²) in [5, 5.41) is 2.97. The second-order valence-corrected chi connectivity index (χ2v) is 8.27. The Morgan fingerprint density at radius 1 is 1.07 bits per heavy atom. The quantitative estimate of drug-likeness (QED) is 0.344. The lowest BCUT2D eigenvalue weighted by Crippen LogP contribution is -2.40. The Labute approximate surface area is 186 Å². The number of guanidine groups is 1. The SMILES string of the molecule is CN=C(NCCS(=O)(=O)c1ccccc1)N(C)Cc1ccc(C(F)(F)F)cc1.I. The predicted octanol–water partition coefficient (Wildman–Crippen LogP) is 3.80. The van der Waals surface area contributed by atoms with Crippen molar-refractivity contribution in [2.24, 2.45) is 4.99 Å². The molecule has 160 valence electrons. The van der Waals surface area contributed by atoms with Crippen LogP contribution in [0.5, 0.6) is 0 Å². The maximum Gasteiger partial charge on any atom is 0.416 e. The number of sulfone groups is 1. The zero-order valence-electron chi connectivity index (χ0n) is 16.0. The van der Waals surface area contributed by atoms with E-state index in [1.54, 1.807) is 49.3 Å². The summed E-state index contributed by atoms with van der Waals surface area (Å²) in [7, 11) is -0.136. The Balaban J connectivity index is 0.00000420. The van der Waals surface area contributed by atoms with Gasteiger partial charge in [-0.1, -0.05) is 30.3 Å². The minimum Gasteiger partial charge on any atom is -0.355 e. The average Bonchev–Trinajstić information content (AvgIpc) is 2.65. The summed E-state index contributed by atoms with van der Waals surface area (Å²) in [5.41, 5.74) is -0.0251. The number of nitrogens with zero attached hydrogens (tertiary/aromatic N) is 2. The molecule has 0 amide bonds. The van der Waals surface area contributed by atoms with Crippen LogP contribution < -0.4 is 5.32 Å². The molecule has 0 aromatic heterocycles. The van der Waals surface area contributed by atoms with E-state index in [0.29, 0.717) is 18.1 Å². The van der Waals surface area contributed by atoms with Crippen molar-refractivity contribution >= 4 is 39.8 Å². The molecule has 0 atom stereocenters. The third-order valence-corrected chi connectivity index (χ3v) is 5.76. The van der Waals surface area contributed by atoms with Gasteiger partial charge in [0, 0.05) is 27.2 Å². The second-order valence-electron chi connectivity index (χ2n) is 6.16. The molecular weight excluding hydrogens is 518 g/mol. The van der Waals surface area contributed by atoms with Crippen LogP contribution in [-0.4, -0.2) is 45.7 Å². The summed E-state index contributed by atoms with van der Waals surface area (Å²) in [4.78, 5) is 6.05. The average molecular weight is 541 g/mol. The van der Waals surface area contributed by atoms with E-state index in [9.17, 15) is 21.6 Å². The van der Waals surface area contributed by atoms with Crippen LogP contribution in [0.3, 0.4) is 0 Å². The van der Waals surface area contributed by atoms with E-state index in [2.05, 4.69) is 10.3 Å². The lowest BCUT2D eigenvalue weighted by molar-refractivity contribution is -0.137. The molecule has 5 nitrogen and oxygen atoms in total. The fourth-order valence-electron chi connectivity index (χ4n) is 2.58. The second kappa shape index (κ2) is 10.8. The van der Waals surface area contributed by atoms with Gasteiger partial charge in [0.15, 0.2) is 15.8 Å². The van der Waals surface area contributed by atoms with E-state index in [1.165, 1.54) is 12.1 Å². The van der Waals surface area contributed by atoms with Crippen LogP contribution in [-0.2, 0) is 22.6 Å². The van der Waals surface area contributed by atoms with Gasteiger partial charge < -0.3 is 10.2 Å². The normalized spacial score (nSPS) is 12.2. The van der Waals surface area contributed by atoms with Gasteiger partial charge in [0.05, 0.1) is 16.2 Å². The summed E-state index contributed by atoms with van der Waals surface area (Å²) in [6, 6.07) is 13.0. The van der Waals surface area contributed by atoms with Crippen molar-refractivity contribution in [2.75, 3.05) is 26.4 Å². The molecule has 1 N–H and O–H groups in total. The number of nitrogens with one attached hydrogen (secondary N) is 1. The van der Waals surface area contributed by atoms with E-state index < -0.39 is 21.6 Å². The van der Waals surface area contributed by atoms with Gasteiger partial charge >= 0.3 is 6.18 Å². The van der Waals surface area contributed by atoms with Crippen molar-refractivity contribution in [3.8, 4) is 0 Å². The molecule has 0 saturated carbocycles. The molecule has 0 aliphatic rings. The maximum absolute atomic E-state index is 12.6. The van der Waals surface area contributed by atoms with Gasteiger partial charge in [-0.2, -0.15) is 13.2 Å². The first-order valence-corrected chi connectivity index (χ1v) is 10.1. The molecule has 0 fully saturated rings. The van der Waals surface area contributed by atoms with Crippen LogP contribution in [0.25, 0.3) is 0 Å². The summed E-state index contributed by atoms with van der Waals surface area (Å²) in [5.74, 6) is 0.340. The Morgan fingerprint density at radius 2 is 1.66 bits per heavy atom. The summed E-state index contributed by atoms with van der Waals surface area (Å²) in [6.45, 7) is 0.477. The van der Waals surface area contributed by atoms with E-state index >= 15 is 0 Å². The van der Waals surface area contributed by atoms with Crippen LogP contribution in [0, 0.1) is 0 Å². The molecule has 0 aliphatic carbocycles. The topological polar surface area (TPSA) is 61.8 Å². The number of rotatable bonds is 6. The van der Waals surface area contributed by atoms with Crippen LogP contribution in [0.2, 0.25) is 0 Å². The van der Waals surface area contributed by atoms with E-state index in [0.717, 1.165) is 12.1 Å². The number of halogens is 4. The first-order chi connectivity index (χ1) is 13.1. The van der Waals surface area contributed by atoms with Gasteiger partial charge in [0.1, 0.15) is 0 Å². The van der Waals surface area contributed by atoms with E-state index in [4.69, 9.17) is 0 Å². The van der Waals surface area contributed by atoms with Gasteiger partial charge in [-0.3, -0.25) is 4.99 Å². The number of hydrogen-bond donors (Lipinski definition) is 1. The Kier molecular flexibility index (Phi) is 9.40. The molecule has 0 spiro atoms. The Morgan fingerprint density at radius 3 is 2.17 bits per heavy atom. The summed E-state index contributed by atoms with van der Waals surface area (Å²) < 4.78 is 62.5. The minimum absolute atomic E-state index is 0. The van der Waals surface area contributed by atoms with Crippen molar-refractivity contribution in [1.29, 1.82) is 0 Å². The zero-order chi connectivity index (χ0) is 20.8. The molecule has 2 aromatic rings. The third-order valence-electron chi connectivity index (χ3n) is 4.03. The molecule has 0 unspecified atom stereocenters. The fourth-order valence-corrected chi connectivity index (χ4v) is 3.75. The lowest BCUT2D eigenvalue weighted by atomic mass is 10.1. The highest BCUT2D eigenvalue weighted by Gasteiger charge is 2.29. The summed E-state index contributed by atoms with van der Waals surface area (Å²) >= 11 is 0. The van der Waals surface area contributed by atoms with E-state index in [1.807, 2.05) is 0 Å². The van der Waals surface area contributed by atoms with E-state index in [-0.39, 0.29) is 41.2 Å². The molecule has 29 heavy (non-hydrogen) atoms. The lowest BCUT2D eigenvalue weighted by Gasteiger charge is -2.22. The Bertz CT molecular complexity index is 903. The highest BCUT2D eigenvalue weighted by atomic mass is 127. The predicted molar refractivity (Wildman–Crippen MR) is 118 cm³/mol. The van der Waals surface area contributed by atoms with Gasteiger partial charge in [-0.05, 0) is 29.8 Å². The van der Waals surface area contributed by atoms with Gasteiger partial charge in [0.25, 0.3) is 0 Å². The van der Waals surface area contributed by atoms with Crippen molar-refractivity contribution in [3.05, 3.63) is 65.7 Å². The smallest absolute Gasteiger partial charge is 0.355 e. The van der Waals surface area contributed by atoms with Crippen LogP contribution in [0.15, 0.2) is 64.5 Å². The fraction of sp³-hybridized carbons (Fsp3) is 0.316. The molecule has 0 bridgehead atoms. The largest absolute Gasteiger partial charge is 0.416 e. The maximum atomic E-state index is 12.6. The summed E-state index contributed by atoms with van der Waals surface area (Å²) in [6.07, 6.45) is -4.37. The van der Waals surface area contributed by atoms with Crippen molar-refractivity contribution < 1.29 is 21.6 Å². The zero-order valence-corrected chi connectivity index (χ0v) is 19.1. The number of alkyl halides is 3. The first kappa shape index (κ1) is 25.2. The van der Waals surface area contributed by atoms with Gasteiger partial charge in [-0.15, -0.1) is 24.0 Å². The van der Waals surface area contributed by atoms with Crippen molar-refractivity contribution in [3.63, 3.8) is 0 Å². The molecule has 2 rings (SSSR count). The highest BCUT2D eigenvalue weighted by Crippen LogP contribution is 2.29. The van der Waals surface area contributed by atoms with Crippen molar-refractivity contribution in [1.82, 2.24) is 10.2 Å². The van der Waals surface area contributed by atoms with Crippen LogP contribution >= 0.6 is 24.0 Å². The monoisotopic (exact) mass is 541 g/mol. The molecule has 2 aromatic carbocycles. The minimum atomic E-state index is -4.37. The molecule has 0 heterocycles. The standard InChI is InChI=1S/C19H22F3N3O2S.HI/c1-23-18(24-12-13-28(26,27)17-6-4-3-5-7-17)25(2)14-15-8-10-16(11-9-15)19(20,21)22;/h3-11H,12-14H2,1-2H3,(H,23,24);1H. The Hall–Kier alpha value is -1.82. The first-order valence-electron chi connectivity index (χ1n) is 8.49. The third kappa shape index (κ3) is 7.50. The van der Waals surface area contributed by atoms with Crippen LogP contribution in [0.1, 0.15) is 11.1 Å². The molecule has 0 radical (unpaired) electrons. The molecule has 10 heteroatoms. The number of benzene rings is 2. The van der Waals surface area contributed by atoms with Gasteiger partial charge in [-0.25, -0.2) is 8.42 Å². The van der Waals surface area contributed by atoms with Gasteiger partial charge in [0.2, 0.25) is 0 Å². The molecular formula is C19H23F3IN3O2S. The number of hydrogen-bond acceptors (Lipinski definition) is 3. The van der Waals surface area contributed by atoms with Crippen LogP contribution in [0.4, 0.5) is 13.2 Å². The molecule has 0 saturated heterocycles. The highest BCUT2D eigenvalue weighted by molar-refractivity contribution is 14.0. The number of aliphatic imine (C=N–C) groups is 1. The van der Waals surface area contributed by atoms with Crippen molar-refractivity contribution in [2.45, 2.75) is 17.6 Å². The molecule has 0 aliphatic heterocycles.